The van der Waals surface area contributed by atoms with Crippen LogP contribution in [0.15, 0.2) is 41.0 Å². The van der Waals surface area contributed by atoms with Crippen molar-refractivity contribution in [1.82, 2.24) is 4.90 Å². The van der Waals surface area contributed by atoms with E-state index in [-0.39, 0.29) is 36.8 Å². The number of carbonyl (C=O) groups excluding carboxylic acids is 1. The average Bonchev–Trinajstić information content (AvgIpc) is 3.01. The van der Waals surface area contributed by atoms with Crippen LogP contribution in [-0.4, -0.2) is 23.9 Å². The van der Waals surface area contributed by atoms with Crippen LogP contribution in [0.25, 0.3) is 0 Å². The minimum absolute atomic E-state index is 0. The molecule has 0 aliphatic carbocycles. The third-order valence-electron chi connectivity index (χ3n) is 4.15. The molecule has 0 radical (unpaired) electrons. The minimum atomic E-state index is -0.0724. The van der Waals surface area contributed by atoms with Gasteiger partial charge in [0.05, 0.1) is 12.1 Å². The highest BCUT2D eigenvalue weighted by Gasteiger charge is 2.24. The molecule has 0 fully saturated rings. The molecule has 1 amide bonds. The van der Waals surface area contributed by atoms with Crippen LogP contribution < -0.4 is 5.73 Å². The first-order valence-corrected chi connectivity index (χ1v) is 7.62. The summed E-state index contributed by atoms with van der Waals surface area (Å²) in [5.74, 6) is 0.721. The molecule has 0 bridgehead atoms. The third-order valence-corrected chi connectivity index (χ3v) is 4.40. The quantitative estimate of drug-likeness (QED) is 0.877. The number of nitrogens with zero attached hydrogens (tertiary/aromatic N) is 1. The molecule has 2 atom stereocenters. The highest BCUT2D eigenvalue weighted by Crippen LogP contribution is 2.25. The van der Waals surface area contributed by atoms with Crippen molar-refractivity contribution in [3.8, 4) is 0 Å². The summed E-state index contributed by atoms with van der Waals surface area (Å²) >= 11 is 5.92. The van der Waals surface area contributed by atoms with Gasteiger partial charge in [0.15, 0.2) is 0 Å². The Balaban J connectivity index is 0.00000264. The number of likely N-dealkylation sites (N-methyl/N-ethyl adjacent to an activating group) is 1. The predicted molar refractivity (Wildman–Crippen MR) is 95.3 cm³/mol. The largest absolute Gasteiger partial charge is 0.467 e. The van der Waals surface area contributed by atoms with Crippen LogP contribution in [0.2, 0.25) is 5.02 Å². The number of hydrogen-bond acceptors (Lipinski definition) is 3. The Morgan fingerprint density at radius 2 is 1.91 bits per heavy atom. The smallest absolute Gasteiger partial charge is 0.257 e. The molecule has 1 heterocycles. The van der Waals surface area contributed by atoms with Crippen molar-refractivity contribution in [2.45, 2.75) is 32.4 Å². The second kappa shape index (κ2) is 8.39. The number of benzene rings is 1. The zero-order valence-corrected chi connectivity index (χ0v) is 15.0. The number of carbonyl (C=O) groups is 1. The van der Waals surface area contributed by atoms with Gasteiger partial charge in [0, 0.05) is 24.0 Å². The Kier molecular flexibility index (Phi) is 7.13. The second-order valence-corrected chi connectivity index (χ2v) is 5.94. The van der Waals surface area contributed by atoms with E-state index in [9.17, 15) is 4.79 Å². The molecule has 1 aromatic heterocycles. The van der Waals surface area contributed by atoms with Gasteiger partial charge < -0.3 is 15.1 Å². The third kappa shape index (κ3) is 4.50. The van der Waals surface area contributed by atoms with Gasteiger partial charge in [-0.15, -0.1) is 12.4 Å². The first-order chi connectivity index (χ1) is 10.4. The summed E-state index contributed by atoms with van der Waals surface area (Å²) in [6.07, 6.45) is 1.46. The SMILES string of the molecule is CC(c1ccc(Cl)cc1)C(C)N(C)C(=O)c1coc(CN)c1.Cl. The van der Waals surface area contributed by atoms with E-state index in [1.165, 1.54) is 6.26 Å². The van der Waals surface area contributed by atoms with Crippen molar-refractivity contribution in [3.63, 3.8) is 0 Å². The molecule has 0 aliphatic rings. The molecule has 0 aliphatic heterocycles. The lowest BCUT2D eigenvalue weighted by molar-refractivity contribution is 0.0726. The Labute approximate surface area is 148 Å². The Bertz CT molecular complexity index is 640. The molecule has 2 rings (SSSR count). The van der Waals surface area contributed by atoms with Gasteiger partial charge in [0.1, 0.15) is 12.0 Å². The summed E-state index contributed by atoms with van der Waals surface area (Å²) < 4.78 is 5.24. The van der Waals surface area contributed by atoms with Crippen molar-refractivity contribution < 1.29 is 9.21 Å². The lowest BCUT2D eigenvalue weighted by Crippen LogP contribution is -2.38. The van der Waals surface area contributed by atoms with Crippen LogP contribution in [0, 0.1) is 0 Å². The molecule has 1 aromatic carbocycles. The fraction of sp³-hybridized carbons (Fsp3) is 0.353. The number of nitrogens with two attached hydrogens (primary N) is 1. The molecule has 2 unspecified atom stereocenters. The number of halogens is 2. The normalized spacial score (nSPS) is 13.1. The molecule has 6 heteroatoms. The van der Waals surface area contributed by atoms with E-state index in [0.717, 1.165) is 5.56 Å². The van der Waals surface area contributed by atoms with Crippen LogP contribution in [0.3, 0.4) is 0 Å². The number of hydrogen-bond donors (Lipinski definition) is 1. The summed E-state index contributed by atoms with van der Waals surface area (Å²) in [6, 6.07) is 9.44. The first kappa shape index (κ1) is 19.6. The number of rotatable bonds is 5. The monoisotopic (exact) mass is 356 g/mol. The van der Waals surface area contributed by atoms with E-state index >= 15 is 0 Å². The minimum Gasteiger partial charge on any atom is -0.467 e. The molecule has 2 N–H and O–H groups in total. The molecule has 2 aromatic rings. The van der Waals surface area contributed by atoms with E-state index in [4.69, 9.17) is 21.8 Å². The van der Waals surface area contributed by atoms with E-state index in [0.29, 0.717) is 16.3 Å². The summed E-state index contributed by atoms with van der Waals surface area (Å²) in [6.45, 7) is 4.41. The topological polar surface area (TPSA) is 59.5 Å². The van der Waals surface area contributed by atoms with Gasteiger partial charge in [-0.05, 0) is 30.7 Å². The average molecular weight is 357 g/mol. The van der Waals surface area contributed by atoms with Gasteiger partial charge in [0.25, 0.3) is 5.91 Å². The molecule has 0 saturated heterocycles. The van der Waals surface area contributed by atoms with E-state index in [1.54, 1.807) is 18.0 Å². The molecule has 126 valence electrons. The van der Waals surface area contributed by atoms with Crippen molar-refractivity contribution >= 4 is 29.9 Å². The fourth-order valence-corrected chi connectivity index (χ4v) is 2.49. The summed E-state index contributed by atoms with van der Waals surface area (Å²) in [5.41, 5.74) is 7.18. The fourth-order valence-electron chi connectivity index (χ4n) is 2.37. The lowest BCUT2D eigenvalue weighted by atomic mass is 9.93. The van der Waals surface area contributed by atoms with Crippen molar-refractivity contribution in [1.29, 1.82) is 0 Å². The zero-order valence-electron chi connectivity index (χ0n) is 13.5. The molecule has 23 heavy (non-hydrogen) atoms. The van der Waals surface area contributed by atoms with Gasteiger partial charge in [-0.3, -0.25) is 4.79 Å². The van der Waals surface area contributed by atoms with Gasteiger partial charge in [-0.25, -0.2) is 0 Å². The van der Waals surface area contributed by atoms with Crippen molar-refractivity contribution in [2.24, 2.45) is 5.73 Å². The number of amides is 1. The van der Waals surface area contributed by atoms with E-state index < -0.39 is 0 Å². The molecular weight excluding hydrogens is 335 g/mol. The highest BCUT2D eigenvalue weighted by molar-refractivity contribution is 6.30. The zero-order chi connectivity index (χ0) is 16.3. The Morgan fingerprint density at radius 1 is 1.30 bits per heavy atom. The summed E-state index contributed by atoms with van der Waals surface area (Å²) in [5, 5.41) is 0.709. The second-order valence-electron chi connectivity index (χ2n) is 5.50. The van der Waals surface area contributed by atoms with Gasteiger partial charge in [0.2, 0.25) is 0 Å². The molecule has 0 spiro atoms. The highest BCUT2D eigenvalue weighted by atomic mass is 35.5. The molecular formula is C17H22Cl2N2O2. The number of furan rings is 1. The van der Waals surface area contributed by atoms with Crippen LogP contribution in [0.1, 0.15) is 41.4 Å². The van der Waals surface area contributed by atoms with Crippen LogP contribution in [0.5, 0.6) is 0 Å². The van der Waals surface area contributed by atoms with E-state index in [1.807, 2.05) is 31.2 Å². The predicted octanol–water partition coefficient (Wildman–Crippen LogP) is 4.08. The Hall–Kier alpha value is -1.49. The first-order valence-electron chi connectivity index (χ1n) is 7.24. The maximum Gasteiger partial charge on any atom is 0.257 e. The van der Waals surface area contributed by atoms with Gasteiger partial charge >= 0.3 is 0 Å². The van der Waals surface area contributed by atoms with Gasteiger partial charge in [-0.2, -0.15) is 0 Å². The maximum absolute atomic E-state index is 12.5. The Morgan fingerprint density at radius 3 is 2.43 bits per heavy atom. The molecule has 0 saturated carbocycles. The van der Waals surface area contributed by atoms with Gasteiger partial charge in [-0.1, -0.05) is 30.7 Å². The van der Waals surface area contributed by atoms with Crippen molar-refractivity contribution in [3.05, 3.63) is 58.5 Å². The van der Waals surface area contributed by atoms with Crippen LogP contribution in [-0.2, 0) is 6.54 Å². The van der Waals surface area contributed by atoms with Crippen molar-refractivity contribution in [2.75, 3.05) is 7.05 Å². The van der Waals surface area contributed by atoms with Crippen LogP contribution in [0.4, 0.5) is 0 Å². The van der Waals surface area contributed by atoms with E-state index in [2.05, 4.69) is 6.92 Å². The summed E-state index contributed by atoms with van der Waals surface area (Å²) in [4.78, 5) is 14.2. The van der Waals surface area contributed by atoms with Crippen LogP contribution >= 0.6 is 24.0 Å². The lowest BCUT2D eigenvalue weighted by Gasteiger charge is -2.30. The standard InChI is InChI=1S/C17H21ClN2O2.ClH/c1-11(13-4-6-15(18)7-5-13)12(2)20(3)17(21)14-8-16(9-19)22-10-14;/h4-8,10-12H,9,19H2,1-3H3;1H. The molecule has 4 nitrogen and oxygen atoms in total. The maximum atomic E-state index is 12.5. The summed E-state index contributed by atoms with van der Waals surface area (Å²) in [7, 11) is 1.80.